The molecule has 1 aromatic rings. The van der Waals surface area contributed by atoms with Crippen LogP contribution in [0.2, 0.25) is 0 Å². The van der Waals surface area contributed by atoms with Gasteiger partial charge in [0.15, 0.2) is 0 Å². The molecule has 0 unspecified atom stereocenters. The monoisotopic (exact) mass is 344 g/mol. The van der Waals surface area contributed by atoms with Crippen LogP contribution in [0.4, 0.5) is 0 Å². The van der Waals surface area contributed by atoms with Crippen LogP contribution in [0.5, 0.6) is 5.75 Å². The number of carbonyl (C=O) groups excluding carboxylic acids is 4. The van der Waals surface area contributed by atoms with Crippen LogP contribution in [-0.4, -0.2) is 30.6 Å². The average Bonchev–Trinajstić information content (AvgIpc) is 2.86. The van der Waals surface area contributed by atoms with Gasteiger partial charge in [0.1, 0.15) is 16.7 Å². The molecule has 2 aliphatic carbocycles. The standard InChI is InChI=1S/C19H20O6/c1-17(2)18(3)9-10-19(17,14(21)13(18)20)16(23)25-12-8-6-5-7-11(12)15(22)24-4/h5-8H,9-10H2,1-4H3/t18-,19+/m1/s1. The molecule has 2 fully saturated rings. The fraction of sp³-hybridized carbons (Fsp3) is 0.474. The zero-order valence-corrected chi connectivity index (χ0v) is 14.7. The van der Waals surface area contributed by atoms with Gasteiger partial charge in [0.2, 0.25) is 11.6 Å². The molecule has 1 aromatic carbocycles. The van der Waals surface area contributed by atoms with Crippen molar-refractivity contribution in [2.75, 3.05) is 7.11 Å². The number of benzene rings is 1. The molecule has 6 heteroatoms. The summed E-state index contributed by atoms with van der Waals surface area (Å²) < 4.78 is 10.1. The van der Waals surface area contributed by atoms with E-state index < -0.39 is 39.8 Å². The normalized spacial score (nSPS) is 29.6. The molecule has 0 aliphatic heterocycles. The molecule has 2 bridgehead atoms. The van der Waals surface area contributed by atoms with Gasteiger partial charge in [0, 0.05) is 10.8 Å². The van der Waals surface area contributed by atoms with Gasteiger partial charge in [-0.2, -0.15) is 0 Å². The Morgan fingerprint density at radius 1 is 1.00 bits per heavy atom. The van der Waals surface area contributed by atoms with Gasteiger partial charge in [-0.05, 0) is 25.0 Å². The van der Waals surface area contributed by atoms with Gasteiger partial charge in [-0.25, -0.2) is 4.79 Å². The lowest BCUT2D eigenvalue weighted by Crippen LogP contribution is -2.47. The minimum Gasteiger partial charge on any atom is -0.465 e. The van der Waals surface area contributed by atoms with Crippen LogP contribution in [0.25, 0.3) is 0 Å². The third-order valence-electron chi connectivity index (χ3n) is 6.38. The number of carbonyl (C=O) groups is 4. The van der Waals surface area contributed by atoms with Crippen LogP contribution >= 0.6 is 0 Å². The van der Waals surface area contributed by atoms with Crippen LogP contribution in [0.1, 0.15) is 44.0 Å². The molecule has 0 aromatic heterocycles. The Kier molecular flexibility index (Phi) is 3.64. The largest absolute Gasteiger partial charge is 0.465 e. The lowest BCUT2D eigenvalue weighted by Gasteiger charge is -2.36. The van der Waals surface area contributed by atoms with Crippen molar-refractivity contribution in [3.8, 4) is 5.75 Å². The summed E-state index contributed by atoms with van der Waals surface area (Å²) in [6, 6.07) is 6.15. The highest BCUT2D eigenvalue weighted by Gasteiger charge is 2.78. The van der Waals surface area contributed by atoms with Crippen molar-refractivity contribution in [3.63, 3.8) is 0 Å². The first-order chi connectivity index (χ1) is 11.6. The van der Waals surface area contributed by atoms with Gasteiger partial charge in [-0.15, -0.1) is 0 Å². The molecule has 0 heterocycles. The van der Waals surface area contributed by atoms with E-state index in [4.69, 9.17) is 4.74 Å². The van der Waals surface area contributed by atoms with E-state index in [1.54, 1.807) is 32.9 Å². The molecule has 0 amide bonds. The average molecular weight is 344 g/mol. The SMILES string of the molecule is COC(=O)c1ccccc1OC(=O)[C@]12CC[C@](C)(C(=O)C1=O)C2(C)C. The predicted molar refractivity (Wildman–Crippen MR) is 87.0 cm³/mol. The first-order valence-corrected chi connectivity index (χ1v) is 8.12. The molecule has 25 heavy (non-hydrogen) atoms. The van der Waals surface area contributed by atoms with E-state index in [1.165, 1.54) is 19.2 Å². The zero-order valence-electron chi connectivity index (χ0n) is 14.7. The number of Topliss-reactive ketones (excluding diaryl/α,β-unsaturated/α-hetero) is 2. The molecule has 0 spiro atoms. The van der Waals surface area contributed by atoms with Gasteiger partial charge >= 0.3 is 11.9 Å². The van der Waals surface area contributed by atoms with E-state index in [1.807, 2.05) is 0 Å². The number of rotatable bonds is 3. The Morgan fingerprint density at radius 3 is 2.20 bits per heavy atom. The molecule has 0 radical (unpaired) electrons. The molecular weight excluding hydrogens is 324 g/mol. The maximum atomic E-state index is 13.0. The second-order valence-electron chi connectivity index (χ2n) is 7.40. The molecule has 0 N–H and O–H groups in total. The summed E-state index contributed by atoms with van der Waals surface area (Å²) in [6.07, 6.45) is 0.721. The second-order valence-corrected chi connectivity index (χ2v) is 7.40. The third kappa shape index (κ3) is 1.91. The fourth-order valence-corrected chi connectivity index (χ4v) is 4.24. The van der Waals surface area contributed by atoms with Crippen LogP contribution in [0, 0.1) is 16.2 Å². The second kappa shape index (κ2) is 5.25. The smallest absolute Gasteiger partial charge is 0.341 e. The molecule has 2 aliphatic rings. The zero-order chi connectivity index (χ0) is 18.6. The lowest BCUT2D eigenvalue weighted by molar-refractivity contribution is -0.157. The summed E-state index contributed by atoms with van der Waals surface area (Å²) in [5.74, 6) is -2.61. The molecule has 6 nitrogen and oxygen atoms in total. The van der Waals surface area contributed by atoms with Crippen molar-refractivity contribution in [3.05, 3.63) is 29.8 Å². The summed E-state index contributed by atoms with van der Waals surface area (Å²) in [6.45, 7) is 5.25. The quantitative estimate of drug-likeness (QED) is 0.362. The van der Waals surface area contributed by atoms with Gasteiger partial charge in [-0.1, -0.05) is 32.9 Å². The molecular formula is C19H20O6. The van der Waals surface area contributed by atoms with E-state index in [0.717, 1.165) is 0 Å². The fourth-order valence-electron chi connectivity index (χ4n) is 4.24. The van der Waals surface area contributed by atoms with Crippen LogP contribution < -0.4 is 4.74 Å². The topological polar surface area (TPSA) is 86.7 Å². The highest BCUT2D eigenvalue weighted by molar-refractivity contribution is 6.48. The van der Waals surface area contributed by atoms with Gasteiger partial charge in [-0.3, -0.25) is 14.4 Å². The van der Waals surface area contributed by atoms with E-state index in [0.29, 0.717) is 6.42 Å². The maximum absolute atomic E-state index is 13.0. The Hall–Kier alpha value is -2.50. The van der Waals surface area contributed by atoms with E-state index in [-0.39, 0.29) is 17.7 Å². The van der Waals surface area contributed by atoms with Crippen LogP contribution in [0.3, 0.4) is 0 Å². The summed E-state index contributed by atoms with van der Waals surface area (Å²) >= 11 is 0. The first-order valence-electron chi connectivity index (χ1n) is 8.12. The Balaban J connectivity index is 2.02. The van der Waals surface area contributed by atoms with Crippen molar-refractivity contribution in [2.45, 2.75) is 33.6 Å². The minimum absolute atomic E-state index is 0.0188. The minimum atomic E-state index is -1.51. The summed E-state index contributed by atoms with van der Waals surface area (Å²) in [5.41, 5.74) is -3.15. The number of hydrogen-bond acceptors (Lipinski definition) is 6. The van der Waals surface area contributed by atoms with Crippen molar-refractivity contribution < 1.29 is 28.7 Å². The Morgan fingerprint density at radius 2 is 1.64 bits per heavy atom. The third-order valence-corrected chi connectivity index (χ3v) is 6.38. The molecule has 2 saturated carbocycles. The number of hydrogen-bond donors (Lipinski definition) is 0. The summed E-state index contributed by atoms with van der Waals surface area (Å²) in [4.78, 5) is 50.0. The van der Waals surface area contributed by atoms with Crippen LogP contribution in [-0.2, 0) is 19.1 Å². The number of para-hydroxylation sites is 1. The predicted octanol–water partition coefficient (Wildman–Crippen LogP) is 2.34. The number of ketones is 2. The Bertz CT molecular complexity index is 808. The number of ether oxygens (including phenoxy) is 2. The highest BCUT2D eigenvalue weighted by Crippen LogP contribution is 2.69. The van der Waals surface area contributed by atoms with Gasteiger partial charge in [0.05, 0.1) is 7.11 Å². The van der Waals surface area contributed by atoms with Crippen molar-refractivity contribution in [2.24, 2.45) is 16.2 Å². The number of fused-ring (bicyclic) bond motifs is 2. The molecule has 3 rings (SSSR count). The number of esters is 2. The highest BCUT2D eigenvalue weighted by atomic mass is 16.5. The molecule has 2 atom stereocenters. The number of methoxy groups -OCH3 is 1. The summed E-state index contributed by atoms with van der Waals surface area (Å²) in [5, 5.41) is 0. The van der Waals surface area contributed by atoms with Crippen molar-refractivity contribution in [1.82, 2.24) is 0 Å². The van der Waals surface area contributed by atoms with Crippen LogP contribution in [0.15, 0.2) is 24.3 Å². The maximum Gasteiger partial charge on any atom is 0.341 e. The first kappa shape index (κ1) is 17.3. The van der Waals surface area contributed by atoms with Crippen molar-refractivity contribution in [1.29, 1.82) is 0 Å². The molecule has 0 saturated heterocycles. The van der Waals surface area contributed by atoms with E-state index in [2.05, 4.69) is 4.74 Å². The van der Waals surface area contributed by atoms with Gasteiger partial charge < -0.3 is 9.47 Å². The van der Waals surface area contributed by atoms with Gasteiger partial charge in [0.25, 0.3) is 0 Å². The Labute approximate surface area is 145 Å². The van der Waals surface area contributed by atoms with Crippen molar-refractivity contribution >= 4 is 23.5 Å². The van der Waals surface area contributed by atoms with E-state index >= 15 is 0 Å². The van der Waals surface area contributed by atoms with E-state index in [9.17, 15) is 19.2 Å². The lowest BCUT2D eigenvalue weighted by atomic mass is 9.65. The molecule has 132 valence electrons. The summed E-state index contributed by atoms with van der Waals surface area (Å²) in [7, 11) is 1.23.